The lowest BCUT2D eigenvalue weighted by Gasteiger charge is -2.03. The van der Waals surface area contributed by atoms with E-state index in [1.165, 1.54) is 12.0 Å². The summed E-state index contributed by atoms with van der Waals surface area (Å²) in [6.07, 6.45) is -0.0685. The molecule has 0 aromatic carbocycles. The second kappa shape index (κ2) is 3.71. The molecule has 0 rings (SSSR count). The number of aliphatic carboxylic acids is 1. The molecule has 0 radical (unpaired) electrons. The third kappa shape index (κ3) is 7.62. The Morgan fingerprint density at radius 2 is 2.30 bits per heavy atom. The predicted molar refractivity (Wildman–Crippen MR) is 32.4 cm³/mol. The first-order chi connectivity index (χ1) is 4.42. The van der Waals surface area contributed by atoms with E-state index in [2.05, 4.69) is 0 Å². The van der Waals surface area contributed by atoms with Gasteiger partial charge in [0.2, 0.25) is 7.37 Å². The van der Waals surface area contributed by atoms with Gasteiger partial charge in [-0.25, -0.2) is 0 Å². The third-order valence-electron chi connectivity index (χ3n) is 0.779. The van der Waals surface area contributed by atoms with E-state index in [1.807, 2.05) is 0 Å². The number of hydrogen-bond acceptors (Lipinski definition) is 3. The minimum Gasteiger partial charge on any atom is -0.544 e. The molecule has 3 N–H and O–H groups in total. The molecule has 5 nitrogen and oxygen atoms in total. The average molecular weight is 167 g/mol. The predicted octanol–water partition coefficient (Wildman–Crippen LogP) is -2.84. The number of carbonyl (C=O) groups is 1. The molecule has 0 saturated heterocycles. The molecular weight excluding hydrogens is 157 g/mol. The monoisotopic (exact) mass is 167 g/mol. The minimum atomic E-state index is -3.07. The first-order valence-electron chi connectivity index (χ1n) is 2.72. The molecule has 0 aliphatic carbocycles. The Labute approximate surface area is 58.5 Å². The van der Waals surface area contributed by atoms with Crippen molar-refractivity contribution in [1.29, 1.82) is 0 Å². The van der Waals surface area contributed by atoms with Gasteiger partial charge in [-0.3, -0.25) is 4.57 Å². The Hall–Kier alpha value is -0.380. The largest absolute Gasteiger partial charge is 0.544 e. The Morgan fingerprint density at radius 3 is 2.60 bits per heavy atom. The van der Waals surface area contributed by atoms with Crippen LogP contribution in [0.5, 0.6) is 0 Å². The van der Waals surface area contributed by atoms with Crippen molar-refractivity contribution in [3.05, 3.63) is 0 Å². The van der Waals surface area contributed by atoms with Crippen LogP contribution in [0.2, 0.25) is 0 Å². The van der Waals surface area contributed by atoms with Crippen LogP contribution in [-0.4, -0.2) is 30.4 Å². The zero-order valence-electron chi connectivity index (χ0n) is 5.61. The Balaban J connectivity index is 3.39. The van der Waals surface area contributed by atoms with Crippen LogP contribution >= 0.6 is 7.37 Å². The van der Waals surface area contributed by atoms with Gasteiger partial charge in [-0.1, -0.05) is 0 Å². The van der Waals surface area contributed by atoms with Crippen molar-refractivity contribution in [2.45, 2.75) is 0 Å². The highest BCUT2D eigenvalue weighted by molar-refractivity contribution is 7.56. The quantitative estimate of drug-likeness (QED) is 0.441. The maximum Gasteiger partial charge on any atom is 0.250 e. The summed E-state index contributed by atoms with van der Waals surface area (Å²) in [6, 6.07) is 0. The number of nitrogens with two attached hydrogens (primary N) is 1. The number of rotatable bonds is 4. The normalized spacial score (nSPS) is 16.2. The van der Waals surface area contributed by atoms with Crippen LogP contribution in [0.4, 0.5) is 0 Å². The van der Waals surface area contributed by atoms with Crippen LogP contribution in [0.3, 0.4) is 0 Å². The van der Waals surface area contributed by atoms with E-state index >= 15 is 0 Å². The van der Waals surface area contributed by atoms with E-state index in [-0.39, 0.29) is 12.8 Å². The fourth-order valence-electron chi connectivity index (χ4n) is 0.422. The van der Waals surface area contributed by atoms with E-state index in [1.54, 1.807) is 0 Å². The van der Waals surface area contributed by atoms with Gasteiger partial charge in [0.05, 0.1) is 5.97 Å². The lowest BCUT2D eigenvalue weighted by molar-refractivity contribution is -0.634. The van der Waals surface area contributed by atoms with Gasteiger partial charge >= 0.3 is 0 Å². The van der Waals surface area contributed by atoms with E-state index < -0.39 is 13.3 Å². The van der Waals surface area contributed by atoms with Crippen LogP contribution < -0.4 is 10.4 Å². The second-order valence-electron chi connectivity index (χ2n) is 2.10. The summed E-state index contributed by atoms with van der Waals surface area (Å²) < 4.78 is 10.5. The molecule has 0 aliphatic heterocycles. The first-order valence-corrected chi connectivity index (χ1v) is 5.02. The zero-order valence-corrected chi connectivity index (χ0v) is 6.51. The smallest absolute Gasteiger partial charge is 0.250 e. The highest BCUT2D eigenvalue weighted by Crippen LogP contribution is 2.30. The molecule has 0 fully saturated rings. The summed E-state index contributed by atoms with van der Waals surface area (Å²) in [6.45, 7) is 0.914. The molecular formula is C4H10NO4P. The number of quaternary nitrogens is 1. The number of carboxylic acid groups (broad SMARTS) is 1. The molecule has 6 heteroatoms. The molecule has 60 valence electrons. The van der Waals surface area contributed by atoms with E-state index in [0.29, 0.717) is 0 Å². The molecule has 0 spiro atoms. The van der Waals surface area contributed by atoms with Crippen molar-refractivity contribution in [3.8, 4) is 0 Å². The first kappa shape index (κ1) is 9.62. The molecule has 0 saturated carbocycles. The van der Waals surface area contributed by atoms with Crippen LogP contribution in [0.25, 0.3) is 0 Å². The van der Waals surface area contributed by atoms with Gasteiger partial charge in [-0.2, -0.15) is 0 Å². The topological polar surface area (TPSA) is 94.0 Å². The van der Waals surface area contributed by atoms with Crippen LogP contribution in [0.15, 0.2) is 0 Å². The van der Waals surface area contributed by atoms with Crippen molar-refractivity contribution < 1.29 is 24.7 Å². The minimum absolute atomic E-state index is 0.0685. The molecule has 0 amide bonds. The van der Waals surface area contributed by atoms with Gasteiger partial charge in [-0.15, -0.1) is 0 Å². The summed E-state index contributed by atoms with van der Waals surface area (Å²) in [5, 5.41) is 11.0. The number of carbonyl (C=O) groups excluding carboxylic acids is 1. The van der Waals surface area contributed by atoms with Gasteiger partial charge in [0.1, 0.15) is 6.54 Å². The summed E-state index contributed by atoms with van der Waals surface area (Å²) in [7, 11) is -3.07. The van der Waals surface area contributed by atoms with E-state index in [0.717, 1.165) is 0 Å². The summed E-state index contributed by atoms with van der Waals surface area (Å²) >= 11 is 0. The van der Waals surface area contributed by atoms with E-state index in [4.69, 9.17) is 4.89 Å². The fourth-order valence-corrected chi connectivity index (χ4v) is 1.03. The van der Waals surface area contributed by atoms with Crippen LogP contribution in [0, 0.1) is 0 Å². The fraction of sp³-hybridized carbons (Fsp3) is 0.750. The molecule has 10 heavy (non-hydrogen) atoms. The van der Waals surface area contributed by atoms with E-state index in [9.17, 15) is 14.5 Å². The average Bonchev–Trinajstić information content (AvgIpc) is 1.59. The summed E-state index contributed by atoms with van der Waals surface area (Å²) in [4.78, 5) is 18.4. The number of carboxylic acids is 1. The van der Waals surface area contributed by atoms with Crippen molar-refractivity contribution in [2.75, 3.05) is 19.5 Å². The summed E-state index contributed by atoms with van der Waals surface area (Å²) in [5.74, 6) is -1.23. The van der Waals surface area contributed by atoms with Crippen LogP contribution in [-0.2, 0) is 9.36 Å². The number of hydrogen-bond donors (Lipinski definition) is 2. The third-order valence-corrected chi connectivity index (χ3v) is 1.71. The zero-order chi connectivity index (χ0) is 8.20. The van der Waals surface area contributed by atoms with Crippen LogP contribution in [0.1, 0.15) is 0 Å². The molecule has 0 bridgehead atoms. The molecule has 1 atom stereocenters. The maximum atomic E-state index is 10.5. The molecule has 0 aromatic heterocycles. The van der Waals surface area contributed by atoms with Crippen molar-refractivity contribution >= 4 is 13.3 Å². The highest BCUT2D eigenvalue weighted by Gasteiger charge is 2.10. The van der Waals surface area contributed by atoms with Gasteiger partial charge in [0.15, 0.2) is 6.29 Å². The summed E-state index contributed by atoms with van der Waals surface area (Å²) in [5.41, 5.74) is 0. The Kier molecular flexibility index (Phi) is 3.57. The van der Waals surface area contributed by atoms with Gasteiger partial charge in [-0.05, 0) is 0 Å². The Morgan fingerprint density at radius 1 is 1.80 bits per heavy atom. The van der Waals surface area contributed by atoms with Gasteiger partial charge in [0, 0.05) is 6.66 Å². The second-order valence-corrected chi connectivity index (χ2v) is 4.57. The van der Waals surface area contributed by atoms with Gasteiger partial charge < -0.3 is 20.1 Å². The van der Waals surface area contributed by atoms with Crippen molar-refractivity contribution in [3.63, 3.8) is 0 Å². The molecule has 0 heterocycles. The molecule has 0 aromatic rings. The highest BCUT2D eigenvalue weighted by atomic mass is 31.2. The van der Waals surface area contributed by atoms with Gasteiger partial charge in [0.25, 0.3) is 0 Å². The molecule has 1 unspecified atom stereocenters. The lowest BCUT2D eigenvalue weighted by atomic mass is 10.7. The SMILES string of the molecule is CP(=O)(O)C[NH2+]CC(=O)[O-]. The Bertz CT molecular complexity index is 163. The van der Waals surface area contributed by atoms with Crippen molar-refractivity contribution in [2.24, 2.45) is 0 Å². The van der Waals surface area contributed by atoms with Crippen molar-refractivity contribution in [1.82, 2.24) is 0 Å². The maximum absolute atomic E-state index is 10.5. The lowest BCUT2D eigenvalue weighted by Crippen LogP contribution is -2.86. The standard InChI is InChI=1S/C4H10NO4P/c1-10(8,9)3-5-2-4(6)7/h5H,2-3H2,1H3,(H,6,7)(H,8,9). The molecule has 0 aliphatic rings.